The molecule has 1 saturated heterocycles. The van der Waals surface area contributed by atoms with Crippen LogP contribution in [-0.4, -0.2) is 36.5 Å². The van der Waals surface area contributed by atoms with Crippen LogP contribution in [0.5, 0.6) is 0 Å². The van der Waals surface area contributed by atoms with Crippen LogP contribution in [0.1, 0.15) is 30.1 Å². The number of nitrogens with zero attached hydrogens (tertiary/aromatic N) is 1. The van der Waals surface area contributed by atoms with Gasteiger partial charge in [-0.05, 0) is 51.1 Å². The third-order valence-electron chi connectivity index (χ3n) is 3.58. The maximum absolute atomic E-state index is 12.1. The van der Waals surface area contributed by atoms with Gasteiger partial charge in [0.2, 0.25) is 0 Å². The van der Waals surface area contributed by atoms with Crippen molar-refractivity contribution in [1.29, 1.82) is 0 Å². The second kappa shape index (κ2) is 6.26. The molecule has 1 aliphatic rings. The number of halogens is 1. The van der Waals surface area contributed by atoms with Crippen LogP contribution in [0.3, 0.4) is 0 Å². The maximum Gasteiger partial charge on any atom is 0.253 e. The summed E-state index contributed by atoms with van der Waals surface area (Å²) in [7, 11) is 0. The van der Waals surface area contributed by atoms with E-state index in [0.717, 1.165) is 13.1 Å². The molecule has 1 fully saturated rings. The molecule has 5 heteroatoms. The summed E-state index contributed by atoms with van der Waals surface area (Å²) in [6.07, 6.45) is 2.50. The highest BCUT2D eigenvalue weighted by Gasteiger charge is 2.19. The largest absolute Gasteiger partial charge is 0.398 e. The quantitative estimate of drug-likeness (QED) is 0.832. The van der Waals surface area contributed by atoms with E-state index < -0.39 is 0 Å². The van der Waals surface area contributed by atoms with Crippen molar-refractivity contribution in [2.24, 2.45) is 0 Å². The molecule has 4 nitrogen and oxygen atoms in total. The fraction of sp³-hybridized carbons (Fsp3) is 0.500. The third-order valence-corrected chi connectivity index (χ3v) is 3.82. The zero-order chi connectivity index (χ0) is 13.8. The van der Waals surface area contributed by atoms with Crippen LogP contribution in [0.25, 0.3) is 0 Å². The van der Waals surface area contributed by atoms with Gasteiger partial charge in [-0.2, -0.15) is 0 Å². The van der Waals surface area contributed by atoms with Crippen molar-refractivity contribution >= 4 is 23.2 Å². The molecule has 1 unspecified atom stereocenters. The molecule has 0 radical (unpaired) electrons. The van der Waals surface area contributed by atoms with E-state index in [2.05, 4.69) is 17.1 Å². The van der Waals surface area contributed by atoms with Gasteiger partial charge in [0.25, 0.3) is 5.91 Å². The first kappa shape index (κ1) is 14.2. The van der Waals surface area contributed by atoms with Gasteiger partial charge < -0.3 is 11.1 Å². The van der Waals surface area contributed by atoms with E-state index in [9.17, 15) is 4.79 Å². The predicted molar refractivity (Wildman–Crippen MR) is 78.5 cm³/mol. The highest BCUT2D eigenvalue weighted by Crippen LogP contribution is 2.18. The van der Waals surface area contributed by atoms with Crippen molar-refractivity contribution in [3.63, 3.8) is 0 Å². The molecule has 0 spiro atoms. The lowest BCUT2D eigenvalue weighted by Crippen LogP contribution is -2.40. The molecule has 2 rings (SSSR count). The van der Waals surface area contributed by atoms with Gasteiger partial charge in [-0.1, -0.05) is 11.6 Å². The topological polar surface area (TPSA) is 58.4 Å². The number of nitrogen functional groups attached to an aromatic ring is 1. The van der Waals surface area contributed by atoms with Gasteiger partial charge in [-0.25, -0.2) is 0 Å². The van der Waals surface area contributed by atoms with Gasteiger partial charge in [0.1, 0.15) is 0 Å². The van der Waals surface area contributed by atoms with Crippen LogP contribution >= 0.6 is 11.6 Å². The number of hydrogen-bond acceptors (Lipinski definition) is 3. The number of carbonyl (C=O) groups excluding carboxylic acids is 1. The van der Waals surface area contributed by atoms with Crippen molar-refractivity contribution in [2.45, 2.75) is 25.8 Å². The standard InChI is InChI=1S/C14H20ClN3O/c1-10(18-6-2-3-7-18)9-17-14(19)12-8-11(15)4-5-13(12)16/h4-5,8,10H,2-3,6-7,9,16H2,1H3,(H,17,19). The number of anilines is 1. The number of carbonyl (C=O) groups is 1. The number of likely N-dealkylation sites (tertiary alicyclic amines) is 1. The zero-order valence-corrected chi connectivity index (χ0v) is 11.9. The maximum atomic E-state index is 12.1. The Morgan fingerprint density at radius 2 is 2.16 bits per heavy atom. The molecular weight excluding hydrogens is 262 g/mol. The molecule has 1 aromatic carbocycles. The Morgan fingerprint density at radius 3 is 2.84 bits per heavy atom. The first-order chi connectivity index (χ1) is 9.08. The Bertz CT molecular complexity index is 458. The fourth-order valence-corrected chi connectivity index (χ4v) is 2.54. The number of amides is 1. The third kappa shape index (κ3) is 3.61. The number of hydrogen-bond donors (Lipinski definition) is 2. The molecule has 3 N–H and O–H groups in total. The van der Waals surface area contributed by atoms with E-state index in [-0.39, 0.29) is 5.91 Å². The highest BCUT2D eigenvalue weighted by atomic mass is 35.5. The number of nitrogens with two attached hydrogens (primary N) is 1. The summed E-state index contributed by atoms with van der Waals surface area (Å²) < 4.78 is 0. The van der Waals surface area contributed by atoms with Crippen molar-refractivity contribution in [1.82, 2.24) is 10.2 Å². The minimum atomic E-state index is -0.161. The summed E-state index contributed by atoms with van der Waals surface area (Å²) in [5.41, 5.74) is 6.69. The molecule has 1 aliphatic heterocycles. The van der Waals surface area contributed by atoms with Crippen molar-refractivity contribution < 1.29 is 4.79 Å². The minimum absolute atomic E-state index is 0.161. The molecule has 0 aromatic heterocycles. The molecular formula is C14H20ClN3O. The highest BCUT2D eigenvalue weighted by molar-refractivity contribution is 6.31. The minimum Gasteiger partial charge on any atom is -0.398 e. The first-order valence-corrected chi connectivity index (χ1v) is 7.03. The van der Waals surface area contributed by atoms with Crippen LogP contribution in [0, 0.1) is 0 Å². The van der Waals surface area contributed by atoms with Gasteiger partial charge in [0.05, 0.1) is 5.56 Å². The molecule has 1 amide bonds. The summed E-state index contributed by atoms with van der Waals surface area (Å²) in [4.78, 5) is 14.5. The smallest absolute Gasteiger partial charge is 0.253 e. The summed E-state index contributed by atoms with van der Waals surface area (Å²) in [6, 6.07) is 5.29. The van der Waals surface area contributed by atoms with Gasteiger partial charge in [-0.3, -0.25) is 9.69 Å². The number of benzene rings is 1. The Labute approximate surface area is 118 Å². The summed E-state index contributed by atoms with van der Waals surface area (Å²) in [5, 5.41) is 3.44. The average molecular weight is 282 g/mol. The van der Waals surface area contributed by atoms with E-state index in [1.54, 1.807) is 18.2 Å². The molecule has 1 aromatic rings. The molecule has 0 aliphatic carbocycles. The monoisotopic (exact) mass is 281 g/mol. The SMILES string of the molecule is CC(CNC(=O)c1cc(Cl)ccc1N)N1CCCC1. The van der Waals surface area contributed by atoms with Gasteiger partial charge in [-0.15, -0.1) is 0 Å². The van der Waals surface area contributed by atoms with Gasteiger partial charge in [0, 0.05) is 23.3 Å². The lowest BCUT2D eigenvalue weighted by atomic mass is 10.1. The predicted octanol–water partition coefficient (Wildman–Crippen LogP) is 2.14. The second-order valence-corrected chi connectivity index (χ2v) is 5.47. The second-order valence-electron chi connectivity index (χ2n) is 5.03. The Kier molecular flexibility index (Phi) is 4.66. The van der Waals surface area contributed by atoms with Crippen LogP contribution in [-0.2, 0) is 0 Å². The summed E-state index contributed by atoms with van der Waals surface area (Å²) in [5.74, 6) is -0.161. The molecule has 0 bridgehead atoms. The Hall–Kier alpha value is -1.26. The van der Waals surface area contributed by atoms with Crippen molar-refractivity contribution in [2.75, 3.05) is 25.4 Å². The van der Waals surface area contributed by atoms with Crippen LogP contribution in [0.2, 0.25) is 5.02 Å². The fourth-order valence-electron chi connectivity index (χ4n) is 2.37. The van der Waals surface area contributed by atoms with Crippen LogP contribution in [0.15, 0.2) is 18.2 Å². The van der Waals surface area contributed by atoms with E-state index in [0.29, 0.717) is 28.9 Å². The van der Waals surface area contributed by atoms with Crippen LogP contribution in [0.4, 0.5) is 5.69 Å². The van der Waals surface area contributed by atoms with Crippen molar-refractivity contribution in [3.8, 4) is 0 Å². The Balaban J connectivity index is 1.91. The van der Waals surface area contributed by atoms with E-state index in [1.165, 1.54) is 12.8 Å². The van der Waals surface area contributed by atoms with Gasteiger partial charge >= 0.3 is 0 Å². The first-order valence-electron chi connectivity index (χ1n) is 6.65. The molecule has 1 atom stereocenters. The normalized spacial score (nSPS) is 17.4. The summed E-state index contributed by atoms with van der Waals surface area (Å²) >= 11 is 5.88. The average Bonchev–Trinajstić information content (AvgIpc) is 2.92. The summed E-state index contributed by atoms with van der Waals surface area (Å²) in [6.45, 7) is 5.00. The lowest BCUT2D eigenvalue weighted by Gasteiger charge is -2.23. The van der Waals surface area contributed by atoms with Gasteiger partial charge in [0.15, 0.2) is 0 Å². The lowest BCUT2D eigenvalue weighted by molar-refractivity contribution is 0.0941. The molecule has 1 heterocycles. The number of nitrogens with one attached hydrogen (secondary N) is 1. The zero-order valence-electron chi connectivity index (χ0n) is 11.2. The van der Waals surface area contributed by atoms with Crippen LogP contribution < -0.4 is 11.1 Å². The molecule has 19 heavy (non-hydrogen) atoms. The molecule has 104 valence electrons. The number of rotatable bonds is 4. The Morgan fingerprint density at radius 1 is 1.47 bits per heavy atom. The van der Waals surface area contributed by atoms with E-state index in [1.807, 2.05) is 0 Å². The van der Waals surface area contributed by atoms with E-state index in [4.69, 9.17) is 17.3 Å². The van der Waals surface area contributed by atoms with E-state index >= 15 is 0 Å². The molecule has 0 saturated carbocycles. The van der Waals surface area contributed by atoms with Crippen molar-refractivity contribution in [3.05, 3.63) is 28.8 Å².